The Labute approximate surface area is 121 Å². The van der Waals surface area contributed by atoms with Gasteiger partial charge in [-0.2, -0.15) is 0 Å². The molecule has 20 heavy (non-hydrogen) atoms. The van der Waals surface area contributed by atoms with Crippen LogP contribution in [0.5, 0.6) is 0 Å². The first kappa shape index (κ1) is 14.9. The molecule has 1 amide bonds. The van der Waals surface area contributed by atoms with Gasteiger partial charge in [-0.3, -0.25) is 4.79 Å². The van der Waals surface area contributed by atoms with Crippen molar-refractivity contribution in [3.05, 3.63) is 29.8 Å². The summed E-state index contributed by atoms with van der Waals surface area (Å²) >= 11 is 0. The molecule has 0 atom stereocenters. The van der Waals surface area contributed by atoms with Gasteiger partial charge in [-0.1, -0.05) is 25.1 Å². The predicted octanol–water partition coefficient (Wildman–Crippen LogP) is 1.66. The van der Waals surface area contributed by atoms with Crippen molar-refractivity contribution in [2.45, 2.75) is 26.2 Å². The van der Waals surface area contributed by atoms with E-state index < -0.39 is 0 Å². The minimum atomic E-state index is 0.0493. The quantitative estimate of drug-likeness (QED) is 0.804. The molecule has 3 N–H and O–H groups in total. The summed E-state index contributed by atoms with van der Waals surface area (Å²) in [4.78, 5) is 14.3. The molecule has 0 radical (unpaired) electrons. The van der Waals surface area contributed by atoms with Gasteiger partial charge >= 0.3 is 0 Å². The van der Waals surface area contributed by atoms with Gasteiger partial charge in [0.25, 0.3) is 0 Å². The normalized spacial score (nSPS) is 17.1. The van der Waals surface area contributed by atoms with Crippen molar-refractivity contribution in [1.29, 1.82) is 0 Å². The zero-order valence-corrected chi connectivity index (χ0v) is 12.3. The van der Waals surface area contributed by atoms with Gasteiger partial charge in [-0.15, -0.1) is 0 Å². The van der Waals surface area contributed by atoms with Gasteiger partial charge in [-0.25, -0.2) is 0 Å². The maximum atomic E-state index is 11.9. The smallest absolute Gasteiger partial charge is 0.224 e. The van der Waals surface area contributed by atoms with E-state index in [-0.39, 0.29) is 5.91 Å². The van der Waals surface area contributed by atoms with E-state index in [1.54, 1.807) is 0 Å². The summed E-state index contributed by atoms with van der Waals surface area (Å²) in [5.74, 6) is 0.898. The molecule has 1 aliphatic rings. The second kappa shape index (κ2) is 7.29. The van der Waals surface area contributed by atoms with E-state index in [0.29, 0.717) is 12.1 Å². The molecule has 1 saturated heterocycles. The molecule has 4 heteroatoms. The van der Waals surface area contributed by atoms with E-state index in [1.165, 1.54) is 12.8 Å². The van der Waals surface area contributed by atoms with Gasteiger partial charge in [0.1, 0.15) is 0 Å². The Kier molecular flexibility index (Phi) is 5.41. The third kappa shape index (κ3) is 4.53. The van der Waals surface area contributed by atoms with Crippen LogP contribution in [-0.4, -0.2) is 37.0 Å². The molecule has 1 aromatic rings. The average Bonchev–Trinajstić information content (AvgIpc) is 2.44. The Bertz CT molecular complexity index is 439. The van der Waals surface area contributed by atoms with Gasteiger partial charge in [0.2, 0.25) is 5.91 Å². The zero-order valence-electron chi connectivity index (χ0n) is 12.3. The number of nitrogens with zero attached hydrogens (tertiary/aromatic N) is 1. The lowest BCUT2D eigenvalue weighted by atomic mass is 9.99. The molecule has 0 unspecified atom stereocenters. The maximum absolute atomic E-state index is 11.9. The van der Waals surface area contributed by atoms with Crippen LogP contribution in [0, 0.1) is 5.92 Å². The SMILES string of the molecule is CC1CCN(CCNC(=O)Cc2ccccc2N)CC1. The number of anilines is 1. The first-order valence-electron chi connectivity index (χ1n) is 7.47. The first-order valence-corrected chi connectivity index (χ1v) is 7.47. The number of likely N-dealkylation sites (tertiary alicyclic amines) is 1. The first-order chi connectivity index (χ1) is 9.65. The maximum Gasteiger partial charge on any atom is 0.224 e. The molecule has 0 aromatic heterocycles. The summed E-state index contributed by atoms with van der Waals surface area (Å²) in [7, 11) is 0. The highest BCUT2D eigenvalue weighted by molar-refractivity contribution is 5.80. The van der Waals surface area contributed by atoms with E-state index in [1.807, 2.05) is 24.3 Å². The number of nitrogen functional groups attached to an aromatic ring is 1. The molecule has 2 rings (SSSR count). The van der Waals surface area contributed by atoms with E-state index in [9.17, 15) is 4.79 Å². The lowest BCUT2D eigenvalue weighted by Gasteiger charge is -2.30. The predicted molar refractivity (Wildman–Crippen MR) is 82.4 cm³/mol. The van der Waals surface area contributed by atoms with Gasteiger partial charge in [0, 0.05) is 18.8 Å². The van der Waals surface area contributed by atoms with Crippen LogP contribution in [0.25, 0.3) is 0 Å². The number of hydrogen-bond acceptors (Lipinski definition) is 3. The molecule has 0 spiro atoms. The molecule has 4 nitrogen and oxygen atoms in total. The lowest BCUT2D eigenvalue weighted by molar-refractivity contribution is -0.120. The molecule has 0 bridgehead atoms. The van der Waals surface area contributed by atoms with E-state index in [0.717, 1.165) is 37.7 Å². The molecular weight excluding hydrogens is 250 g/mol. The summed E-state index contributed by atoms with van der Waals surface area (Å²) in [6, 6.07) is 7.53. The average molecular weight is 275 g/mol. The monoisotopic (exact) mass is 275 g/mol. The molecule has 1 aromatic carbocycles. The Balaban J connectivity index is 1.67. The van der Waals surface area contributed by atoms with Crippen LogP contribution in [0.3, 0.4) is 0 Å². The molecular formula is C16H25N3O. The minimum Gasteiger partial charge on any atom is -0.398 e. The fourth-order valence-electron chi connectivity index (χ4n) is 2.57. The third-order valence-corrected chi connectivity index (χ3v) is 4.03. The van der Waals surface area contributed by atoms with Crippen LogP contribution in [-0.2, 0) is 11.2 Å². The molecule has 1 fully saturated rings. The molecule has 110 valence electrons. The van der Waals surface area contributed by atoms with Gasteiger partial charge in [0.05, 0.1) is 6.42 Å². The number of nitrogens with two attached hydrogens (primary N) is 1. The Morgan fingerprint density at radius 2 is 2.05 bits per heavy atom. The van der Waals surface area contributed by atoms with Gasteiger partial charge < -0.3 is 16.0 Å². The van der Waals surface area contributed by atoms with Crippen LogP contribution in [0.1, 0.15) is 25.3 Å². The molecule has 0 saturated carbocycles. The lowest BCUT2D eigenvalue weighted by Crippen LogP contribution is -2.39. The van der Waals surface area contributed by atoms with Crippen molar-refractivity contribution in [1.82, 2.24) is 10.2 Å². The van der Waals surface area contributed by atoms with Crippen LogP contribution in [0.4, 0.5) is 5.69 Å². The Morgan fingerprint density at radius 1 is 1.35 bits per heavy atom. The summed E-state index contributed by atoms with van der Waals surface area (Å²) < 4.78 is 0. The Morgan fingerprint density at radius 3 is 2.75 bits per heavy atom. The number of piperidine rings is 1. The number of carbonyl (C=O) groups is 1. The minimum absolute atomic E-state index is 0.0493. The number of benzene rings is 1. The Hall–Kier alpha value is -1.55. The van der Waals surface area contributed by atoms with Crippen molar-refractivity contribution in [3.63, 3.8) is 0 Å². The highest BCUT2D eigenvalue weighted by Gasteiger charge is 2.15. The van der Waals surface area contributed by atoms with Gasteiger partial charge in [-0.05, 0) is 43.5 Å². The van der Waals surface area contributed by atoms with Crippen molar-refractivity contribution in [3.8, 4) is 0 Å². The fourth-order valence-corrected chi connectivity index (χ4v) is 2.57. The highest BCUT2D eigenvalue weighted by Crippen LogP contribution is 2.15. The number of hydrogen-bond donors (Lipinski definition) is 2. The van der Waals surface area contributed by atoms with Crippen LogP contribution in [0.15, 0.2) is 24.3 Å². The van der Waals surface area contributed by atoms with E-state index >= 15 is 0 Å². The summed E-state index contributed by atoms with van der Waals surface area (Å²) in [6.45, 7) is 6.29. The molecule has 0 aliphatic carbocycles. The van der Waals surface area contributed by atoms with Crippen LogP contribution in [0.2, 0.25) is 0 Å². The largest absolute Gasteiger partial charge is 0.398 e. The van der Waals surface area contributed by atoms with E-state index in [4.69, 9.17) is 5.73 Å². The van der Waals surface area contributed by atoms with Crippen molar-refractivity contribution in [2.75, 3.05) is 31.9 Å². The topological polar surface area (TPSA) is 58.4 Å². The van der Waals surface area contributed by atoms with E-state index in [2.05, 4.69) is 17.1 Å². The van der Waals surface area contributed by atoms with Crippen molar-refractivity contribution >= 4 is 11.6 Å². The number of carbonyl (C=O) groups excluding carboxylic acids is 1. The number of nitrogens with one attached hydrogen (secondary N) is 1. The molecule has 1 aliphatic heterocycles. The van der Waals surface area contributed by atoms with Crippen LogP contribution >= 0.6 is 0 Å². The van der Waals surface area contributed by atoms with Gasteiger partial charge in [0.15, 0.2) is 0 Å². The standard InChI is InChI=1S/C16H25N3O/c1-13-6-9-19(10-7-13)11-8-18-16(20)12-14-4-2-3-5-15(14)17/h2-5,13H,6-12,17H2,1H3,(H,18,20). The van der Waals surface area contributed by atoms with Crippen molar-refractivity contribution < 1.29 is 4.79 Å². The summed E-state index contributed by atoms with van der Waals surface area (Å²) in [5.41, 5.74) is 7.43. The van der Waals surface area contributed by atoms with Crippen molar-refractivity contribution in [2.24, 2.45) is 5.92 Å². The fraction of sp³-hybridized carbons (Fsp3) is 0.562. The number of amides is 1. The number of rotatable bonds is 5. The summed E-state index contributed by atoms with van der Waals surface area (Å²) in [5, 5.41) is 2.98. The van der Waals surface area contributed by atoms with Crippen LogP contribution < -0.4 is 11.1 Å². The second-order valence-electron chi connectivity index (χ2n) is 5.75. The zero-order chi connectivity index (χ0) is 14.4. The third-order valence-electron chi connectivity index (χ3n) is 4.03. The molecule has 1 heterocycles. The summed E-state index contributed by atoms with van der Waals surface area (Å²) in [6.07, 6.45) is 2.91. The highest BCUT2D eigenvalue weighted by atomic mass is 16.1. The number of para-hydroxylation sites is 1. The second-order valence-corrected chi connectivity index (χ2v) is 5.75.